The molecule has 104 valence electrons. The van der Waals surface area contributed by atoms with Crippen molar-refractivity contribution in [2.75, 3.05) is 0 Å². The van der Waals surface area contributed by atoms with Crippen LogP contribution in [0.4, 0.5) is 14.5 Å². The molecule has 0 aliphatic rings. The van der Waals surface area contributed by atoms with Crippen molar-refractivity contribution in [1.29, 1.82) is 0 Å². The van der Waals surface area contributed by atoms with Crippen molar-refractivity contribution < 1.29 is 18.8 Å². The fourth-order valence-electron chi connectivity index (χ4n) is 1.55. The fourth-order valence-corrected chi connectivity index (χ4v) is 2.38. The highest BCUT2D eigenvalue weighted by atomic mass is 32.2. The van der Waals surface area contributed by atoms with Gasteiger partial charge >= 0.3 is 0 Å². The highest BCUT2D eigenvalue weighted by Gasteiger charge is 2.13. The van der Waals surface area contributed by atoms with Gasteiger partial charge in [0.2, 0.25) is 0 Å². The van der Waals surface area contributed by atoms with E-state index in [2.05, 4.69) is 0 Å². The van der Waals surface area contributed by atoms with Crippen LogP contribution in [0.25, 0.3) is 0 Å². The third-order valence-electron chi connectivity index (χ3n) is 2.51. The first-order valence-electron chi connectivity index (χ1n) is 5.52. The van der Waals surface area contributed by atoms with E-state index in [1.807, 2.05) is 0 Å². The molecule has 0 unspecified atom stereocenters. The summed E-state index contributed by atoms with van der Waals surface area (Å²) in [5.41, 5.74) is 0.0546. The van der Waals surface area contributed by atoms with Gasteiger partial charge in [0, 0.05) is 17.0 Å². The molecule has 7 heteroatoms. The summed E-state index contributed by atoms with van der Waals surface area (Å²) in [6.45, 7) is -0.448. The number of aliphatic hydroxyl groups excluding tert-OH is 1. The molecule has 0 saturated carbocycles. The van der Waals surface area contributed by atoms with Crippen LogP contribution in [0, 0.1) is 21.7 Å². The molecule has 0 aliphatic carbocycles. The Morgan fingerprint density at radius 3 is 2.15 bits per heavy atom. The second-order valence-electron chi connectivity index (χ2n) is 3.90. The molecule has 0 radical (unpaired) electrons. The first-order valence-corrected chi connectivity index (χ1v) is 6.34. The number of hydrogen-bond donors (Lipinski definition) is 1. The Kier molecular flexibility index (Phi) is 4.31. The minimum Gasteiger partial charge on any atom is -0.392 e. The lowest BCUT2D eigenvalue weighted by molar-refractivity contribution is -0.384. The van der Waals surface area contributed by atoms with Crippen molar-refractivity contribution >= 4 is 17.4 Å². The number of rotatable bonds is 4. The lowest BCUT2D eigenvalue weighted by Crippen LogP contribution is -1.93. The second kappa shape index (κ2) is 5.98. The lowest BCUT2D eigenvalue weighted by atomic mass is 10.2. The van der Waals surface area contributed by atoms with Crippen LogP contribution in [0.1, 0.15) is 5.56 Å². The quantitative estimate of drug-likeness (QED) is 0.693. The van der Waals surface area contributed by atoms with Crippen LogP contribution in [0.15, 0.2) is 46.2 Å². The predicted molar refractivity (Wildman–Crippen MR) is 69.5 cm³/mol. The number of nitro groups is 1. The van der Waals surface area contributed by atoms with Gasteiger partial charge in [0.05, 0.1) is 16.4 Å². The Hall–Kier alpha value is -1.99. The molecular weight excluding hydrogens is 288 g/mol. The third kappa shape index (κ3) is 3.12. The molecule has 0 aromatic heterocycles. The van der Waals surface area contributed by atoms with E-state index in [0.29, 0.717) is 4.90 Å². The van der Waals surface area contributed by atoms with Crippen molar-refractivity contribution in [3.05, 3.63) is 63.7 Å². The molecule has 0 saturated heterocycles. The van der Waals surface area contributed by atoms with Gasteiger partial charge in [0.15, 0.2) is 0 Å². The van der Waals surface area contributed by atoms with Gasteiger partial charge in [-0.15, -0.1) is 0 Å². The van der Waals surface area contributed by atoms with E-state index in [1.165, 1.54) is 24.3 Å². The summed E-state index contributed by atoms with van der Waals surface area (Å²) in [7, 11) is 0. The number of halogens is 2. The molecule has 1 N–H and O–H groups in total. The van der Waals surface area contributed by atoms with Crippen LogP contribution in [0.5, 0.6) is 0 Å². The summed E-state index contributed by atoms with van der Waals surface area (Å²) >= 11 is 0.826. The average molecular weight is 297 g/mol. The SMILES string of the molecule is O=[N+]([O-])c1ccc(Sc2c(F)cc(CO)cc2F)cc1. The zero-order chi connectivity index (χ0) is 14.7. The first kappa shape index (κ1) is 14.4. The Labute approximate surface area is 117 Å². The van der Waals surface area contributed by atoms with Gasteiger partial charge in [-0.1, -0.05) is 11.8 Å². The van der Waals surface area contributed by atoms with E-state index in [4.69, 9.17) is 5.11 Å². The van der Waals surface area contributed by atoms with Crippen molar-refractivity contribution in [3.63, 3.8) is 0 Å². The van der Waals surface area contributed by atoms with Crippen molar-refractivity contribution in [3.8, 4) is 0 Å². The number of benzene rings is 2. The van der Waals surface area contributed by atoms with Gasteiger partial charge in [-0.05, 0) is 29.8 Å². The summed E-state index contributed by atoms with van der Waals surface area (Å²) in [6, 6.07) is 7.47. The van der Waals surface area contributed by atoms with E-state index in [9.17, 15) is 18.9 Å². The van der Waals surface area contributed by atoms with Crippen molar-refractivity contribution in [2.45, 2.75) is 16.4 Å². The number of aliphatic hydroxyl groups is 1. The van der Waals surface area contributed by atoms with E-state index in [1.54, 1.807) is 0 Å². The van der Waals surface area contributed by atoms with E-state index in [0.717, 1.165) is 23.9 Å². The van der Waals surface area contributed by atoms with Crippen LogP contribution in [0.2, 0.25) is 0 Å². The van der Waals surface area contributed by atoms with Crippen LogP contribution in [-0.2, 0) is 6.61 Å². The molecule has 20 heavy (non-hydrogen) atoms. The highest BCUT2D eigenvalue weighted by molar-refractivity contribution is 7.99. The fraction of sp³-hybridized carbons (Fsp3) is 0.0769. The van der Waals surface area contributed by atoms with Gasteiger partial charge in [0.1, 0.15) is 11.6 Å². The largest absolute Gasteiger partial charge is 0.392 e. The maximum Gasteiger partial charge on any atom is 0.269 e. The zero-order valence-electron chi connectivity index (χ0n) is 10.0. The Bertz CT molecular complexity index is 624. The molecule has 0 aliphatic heterocycles. The number of non-ortho nitro benzene ring substituents is 1. The molecule has 0 amide bonds. The average Bonchev–Trinajstić information content (AvgIpc) is 2.43. The molecule has 2 aromatic carbocycles. The zero-order valence-corrected chi connectivity index (χ0v) is 10.9. The van der Waals surface area contributed by atoms with Gasteiger partial charge in [-0.2, -0.15) is 0 Å². The summed E-state index contributed by atoms with van der Waals surface area (Å²) < 4.78 is 27.4. The molecule has 2 aromatic rings. The van der Waals surface area contributed by atoms with Crippen LogP contribution >= 0.6 is 11.8 Å². The van der Waals surface area contributed by atoms with E-state index in [-0.39, 0.29) is 16.1 Å². The molecule has 0 heterocycles. The Morgan fingerprint density at radius 2 is 1.70 bits per heavy atom. The monoisotopic (exact) mass is 297 g/mol. The summed E-state index contributed by atoms with van der Waals surface area (Å²) in [6.07, 6.45) is 0. The summed E-state index contributed by atoms with van der Waals surface area (Å²) in [4.78, 5) is 10.2. The maximum atomic E-state index is 13.7. The number of hydrogen-bond acceptors (Lipinski definition) is 4. The minimum absolute atomic E-state index is 0.0917. The Morgan fingerprint density at radius 1 is 1.15 bits per heavy atom. The molecule has 0 spiro atoms. The van der Waals surface area contributed by atoms with Crippen LogP contribution < -0.4 is 0 Å². The number of nitro benzene ring substituents is 1. The van der Waals surface area contributed by atoms with Gasteiger partial charge in [-0.3, -0.25) is 10.1 Å². The van der Waals surface area contributed by atoms with Crippen molar-refractivity contribution in [1.82, 2.24) is 0 Å². The van der Waals surface area contributed by atoms with E-state index >= 15 is 0 Å². The predicted octanol–water partition coefficient (Wildman–Crippen LogP) is 3.52. The Balaban J connectivity index is 2.28. The lowest BCUT2D eigenvalue weighted by Gasteiger charge is -2.06. The minimum atomic E-state index is -0.780. The highest BCUT2D eigenvalue weighted by Crippen LogP contribution is 2.33. The standard InChI is InChI=1S/C13H9F2NO3S/c14-11-5-8(7-17)6-12(15)13(11)20-10-3-1-9(2-4-10)16(18)19/h1-6,17H,7H2. The second-order valence-corrected chi connectivity index (χ2v) is 4.98. The normalized spacial score (nSPS) is 10.6. The molecular formula is C13H9F2NO3S. The molecule has 2 rings (SSSR count). The van der Waals surface area contributed by atoms with Crippen LogP contribution in [0.3, 0.4) is 0 Å². The first-order chi connectivity index (χ1) is 9.51. The molecule has 0 bridgehead atoms. The van der Waals surface area contributed by atoms with E-state index < -0.39 is 23.2 Å². The third-order valence-corrected chi connectivity index (χ3v) is 3.61. The molecule has 0 fully saturated rings. The van der Waals surface area contributed by atoms with Crippen LogP contribution in [-0.4, -0.2) is 10.0 Å². The summed E-state index contributed by atoms with van der Waals surface area (Å²) in [5, 5.41) is 19.4. The topological polar surface area (TPSA) is 63.4 Å². The number of nitrogens with zero attached hydrogens (tertiary/aromatic N) is 1. The summed E-state index contributed by atoms with van der Waals surface area (Å²) in [5.74, 6) is -1.56. The molecule has 0 atom stereocenters. The van der Waals surface area contributed by atoms with Crippen molar-refractivity contribution in [2.24, 2.45) is 0 Å². The van der Waals surface area contributed by atoms with Gasteiger partial charge in [0.25, 0.3) is 5.69 Å². The maximum absolute atomic E-state index is 13.7. The van der Waals surface area contributed by atoms with Gasteiger partial charge < -0.3 is 5.11 Å². The molecule has 4 nitrogen and oxygen atoms in total. The smallest absolute Gasteiger partial charge is 0.269 e. The van der Waals surface area contributed by atoms with Gasteiger partial charge in [-0.25, -0.2) is 8.78 Å².